The maximum absolute atomic E-state index is 13.4. The van der Waals surface area contributed by atoms with E-state index < -0.39 is 0 Å². The number of benzene rings is 3. The molecule has 2 aliphatic heterocycles. The van der Waals surface area contributed by atoms with Crippen LogP contribution in [0.3, 0.4) is 0 Å². The van der Waals surface area contributed by atoms with E-state index >= 15 is 0 Å². The van der Waals surface area contributed by atoms with Crippen LogP contribution < -0.4 is 4.90 Å². The lowest BCUT2D eigenvalue weighted by atomic mass is 9.95. The number of nitrogens with one attached hydrogen (secondary N) is 1. The number of amides is 1. The van der Waals surface area contributed by atoms with Gasteiger partial charge in [-0.1, -0.05) is 42.5 Å². The first kappa shape index (κ1) is 17.1. The van der Waals surface area contributed by atoms with E-state index in [1.807, 2.05) is 23.1 Å². The van der Waals surface area contributed by atoms with Gasteiger partial charge in [0, 0.05) is 21.0 Å². The van der Waals surface area contributed by atoms with E-state index in [4.69, 9.17) is 0 Å². The summed E-state index contributed by atoms with van der Waals surface area (Å²) in [6.45, 7) is 0.715. The molecule has 1 amide bonds. The van der Waals surface area contributed by atoms with Crippen LogP contribution in [0.25, 0.3) is 10.9 Å². The summed E-state index contributed by atoms with van der Waals surface area (Å²) < 4.78 is 1.16. The first-order valence-corrected chi connectivity index (χ1v) is 10.8. The van der Waals surface area contributed by atoms with Gasteiger partial charge < -0.3 is 14.8 Å². The Labute approximate surface area is 182 Å². The summed E-state index contributed by atoms with van der Waals surface area (Å²) in [5, 5.41) is 1.26. The number of hydrogen-bond acceptors (Lipinski definition) is 2. The van der Waals surface area contributed by atoms with Crippen LogP contribution in [0.1, 0.15) is 27.8 Å². The molecule has 5 heteroatoms. The fourth-order valence-electron chi connectivity index (χ4n) is 4.76. The van der Waals surface area contributed by atoms with Gasteiger partial charge in [0.25, 0.3) is 5.91 Å². The fourth-order valence-corrected chi connectivity index (χ4v) is 5.41. The van der Waals surface area contributed by atoms with Crippen LogP contribution in [-0.4, -0.2) is 22.3 Å². The molecule has 0 saturated heterocycles. The van der Waals surface area contributed by atoms with Crippen molar-refractivity contribution in [1.29, 1.82) is 0 Å². The molecule has 6 rings (SSSR count). The number of carbonyl (C=O) groups excluding carboxylic acids is 1. The van der Waals surface area contributed by atoms with Gasteiger partial charge in [0.1, 0.15) is 0 Å². The predicted molar refractivity (Wildman–Crippen MR) is 124 cm³/mol. The molecule has 0 bridgehead atoms. The Balaban J connectivity index is 1.66. The van der Waals surface area contributed by atoms with Crippen molar-refractivity contribution in [2.24, 2.45) is 0 Å². The van der Waals surface area contributed by atoms with Crippen molar-refractivity contribution in [2.75, 3.05) is 11.4 Å². The highest BCUT2D eigenvalue weighted by Crippen LogP contribution is 2.48. The minimum atomic E-state index is -0.176. The highest BCUT2D eigenvalue weighted by atomic mass is 127. The highest BCUT2D eigenvalue weighted by molar-refractivity contribution is 14.1. The second-order valence-corrected chi connectivity index (χ2v) is 8.69. The Morgan fingerprint density at radius 3 is 2.48 bits per heavy atom. The van der Waals surface area contributed by atoms with Crippen LogP contribution in [0.15, 0.2) is 72.8 Å². The smallest absolute Gasteiger partial charge is 0.257 e. The van der Waals surface area contributed by atoms with Crippen LogP contribution in [-0.2, 0) is 6.42 Å². The number of nitrogens with zero attached hydrogens (tertiary/aromatic N) is 2. The normalized spacial score (nSPS) is 17.8. The molecule has 0 aliphatic carbocycles. The van der Waals surface area contributed by atoms with Gasteiger partial charge in [0.05, 0.1) is 22.6 Å². The van der Waals surface area contributed by atoms with Gasteiger partial charge in [-0.3, -0.25) is 4.79 Å². The third kappa shape index (κ3) is 2.40. The predicted octanol–water partition coefficient (Wildman–Crippen LogP) is 5.62. The summed E-state index contributed by atoms with van der Waals surface area (Å²) in [5.74, 6) is 0.108. The van der Waals surface area contributed by atoms with Crippen LogP contribution >= 0.6 is 22.6 Å². The van der Waals surface area contributed by atoms with E-state index in [2.05, 4.69) is 87.1 Å². The molecular weight excluding hydrogens is 473 g/mol. The average molecular weight is 491 g/mol. The molecule has 0 spiro atoms. The summed E-state index contributed by atoms with van der Waals surface area (Å²) in [6.07, 6.45) is 0.688. The quantitative estimate of drug-likeness (QED) is 0.351. The molecular formula is C24H18IN3O. The fraction of sp³-hybridized carbons (Fsp3) is 0.125. The van der Waals surface area contributed by atoms with Crippen molar-refractivity contribution in [3.8, 4) is 0 Å². The second-order valence-electron chi connectivity index (χ2n) is 7.52. The molecule has 4 aromatic rings. The molecule has 29 heavy (non-hydrogen) atoms. The van der Waals surface area contributed by atoms with Crippen molar-refractivity contribution in [3.05, 3.63) is 93.2 Å². The van der Waals surface area contributed by atoms with E-state index in [9.17, 15) is 4.79 Å². The van der Waals surface area contributed by atoms with Crippen LogP contribution in [0.4, 0.5) is 11.4 Å². The summed E-state index contributed by atoms with van der Waals surface area (Å²) in [5.41, 5.74) is 6.44. The van der Waals surface area contributed by atoms with Crippen molar-refractivity contribution in [1.82, 2.24) is 9.88 Å². The zero-order valence-corrected chi connectivity index (χ0v) is 17.8. The molecule has 3 aromatic carbocycles. The number of anilines is 2. The largest absolute Gasteiger partial charge is 0.355 e. The van der Waals surface area contributed by atoms with Crippen LogP contribution in [0.2, 0.25) is 0 Å². The van der Waals surface area contributed by atoms with Gasteiger partial charge in [-0.05, 0) is 64.9 Å². The summed E-state index contributed by atoms with van der Waals surface area (Å²) >= 11 is 2.39. The lowest BCUT2D eigenvalue weighted by Gasteiger charge is -2.47. The number of carbonyl (C=O) groups is 1. The number of H-pyrrole nitrogens is 1. The summed E-state index contributed by atoms with van der Waals surface area (Å²) in [7, 11) is 0. The third-order valence-corrected chi connectivity index (χ3v) is 6.93. The molecule has 1 N–H and O–H groups in total. The van der Waals surface area contributed by atoms with Crippen LogP contribution in [0, 0.1) is 3.57 Å². The average Bonchev–Trinajstić information content (AvgIpc) is 3.14. The SMILES string of the molecule is O=C1c2ccccc2N(c2ccccc2I)C2c3[nH]c4ccccc4c3CCN12. The zero-order valence-electron chi connectivity index (χ0n) is 15.6. The molecule has 3 heterocycles. The maximum atomic E-state index is 13.4. The van der Waals surface area contributed by atoms with Gasteiger partial charge in [-0.25, -0.2) is 0 Å². The number of para-hydroxylation sites is 3. The standard InChI is InChI=1S/C24H18IN3O/c25-18-9-3-6-12-21(18)28-20-11-5-2-8-17(20)24(29)27-14-13-16-15-7-1-4-10-19(15)26-22(16)23(27)28/h1-12,23,26H,13-14H2. The Kier molecular flexibility index (Phi) is 3.74. The first-order valence-electron chi connectivity index (χ1n) is 9.77. The Morgan fingerprint density at radius 1 is 0.897 bits per heavy atom. The van der Waals surface area contributed by atoms with E-state index in [1.165, 1.54) is 10.9 Å². The van der Waals surface area contributed by atoms with E-state index in [0.29, 0.717) is 6.54 Å². The number of rotatable bonds is 1. The Hall–Kier alpha value is -2.80. The number of aromatic amines is 1. The molecule has 0 fully saturated rings. The lowest BCUT2D eigenvalue weighted by Crippen LogP contribution is -2.50. The van der Waals surface area contributed by atoms with Crippen LogP contribution in [0.5, 0.6) is 0 Å². The second kappa shape index (κ2) is 6.35. The monoisotopic (exact) mass is 491 g/mol. The summed E-state index contributed by atoms with van der Waals surface area (Å²) in [6, 6.07) is 24.8. The van der Waals surface area contributed by atoms with Crippen molar-refractivity contribution >= 4 is 50.8 Å². The third-order valence-electron chi connectivity index (χ3n) is 6.01. The van der Waals surface area contributed by atoms with Gasteiger partial charge >= 0.3 is 0 Å². The minimum Gasteiger partial charge on any atom is -0.355 e. The molecule has 142 valence electrons. The number of fused-ring (bicyclic) bond motifs is 6. The minimum absolute atomic E-state index is 0.108. The Bertz CT molecular complexity index is 1280. The lowest BCUT2D eigenvalue weighted by molar-refractivity contribution is 0.0642. The molecule has 1 aromatic heterocycles. The molecule has 0 saturated carbocycles. The van der Waals surface area contributed by atoms with E-state index in [0.717, 1.165) is 38.1 Å². The molecule has 4 nitrogen and oxygen atoms in total. The van der Waals surface area contributed by atoms with E-state index in [1.54, 1.807) is 0 Å². The molecule has 1 atom stereocenters. The van der Waals surface area contributed by atoms with Crippen molar-refractivity contribution < 1.29 is 4.79 Å². The van der Waals surface area contributed by atoms with Gasteiger partial charge in [-0.2, -0.15) is 0 Å². The number of halogens is 1. The highest BCUT2D eigenvalue weighted by Gasteiger charge is 2.43. The number of aromatic nitrogens is 1. The number of hydrogen-bond donors (Lipinski definition) is 1. The first-order chi connectivity index (χ1) is 14.2. The zero-order chi connectivity index (χ0) is 19.5. The maximum Gasteiger partial charge on any atom is 0.257 e. The van der Waals surface area contributed by atoms with Gasteiger partial charge in [0.15, 0.2) is 6.17 Å². The van der Waals surface area contributed by atoms with Crippen molar-refractivity contribution in [2.45, 2.75) is 12.6 Å². The van der Waals surface area contributed by atoms with Gasteiger partial charge in [0.2, 0.25) is 0 Å². The molecule has 1 unspecified atom stereocenters. The Morgan fingerprint density at radius 2 is 1.62 bits per heavy atom. The molecule has 0 radical (unpaired) electrons. The molecule has 2 aliphatic rings. The van der Waals surface area contributed by atoms with E-state index in [-0.39, 0.29) is 12.1 Å². The van der Waals surface area contributed by atoms with Gasteiger partial charge in [-0.15, -0.1) is 0 Å². The topological polar surface area (TPSA) is 39.3 Å². The summed E-state index contributed by atoms with van der Waals surface area (Å²) in [4.78, 5) is 21.4. The van der Waals surface area contributed by atoms with Crippen molar-refractivity contribution in [3.63, 3.8) is 0 Å².